The molecule has 1 aromatic heterocycles. The summed E-state index contributed by atoms with van der Waals surface area (Å²) in [5, 5.41) is 0. The Kier molecular flexibility index (Phi) is 3.77. The molecule has 0 atom stereocenters. The molecule has 0 radical (unpaired) electrons. The van der Waals surface area contributed by atoms with E-state index in [0.717, 1.165) is 0 Å². The van der Waals surface area contributed by atoms with Crippen LogP contribution in [0.2, 0.25) is 0 Å². The van der Waals surface area contributed by atoms with Crippen LogP contribution in [0, 0.1) is 11.8 Å². The minimum atomic E-state index is -0.471. The van der Waals surface area contributed by atoms with Crippen LogP contribution >= 0.6 is 11.6 Å². The lowest BCUT2D eigenvalue weighted by Gasteiger charge is -1.95. The Morgan fingerprint density at radius 3 is 3.00 bits per heavy atom. The lowest BCUT2D eigenvalue weighted by atomic mass is 10.5. The highest BCUT2D eigenvalue weighted by Crippen LogP contribution is 1.77. The van der Waals surface area contributed by atoms with Crippen molar-refractivity contribution in [2.45, 2.75) is 6.54 Å². The summed E-state index contributed by atoms with van der Waals surface area (Å²) in [5.41, 5.74) is 0.393. The predicted octanol–water partition coefficient (Wildman–Crippen LogP) is 0.293. The van der Waals surface area contributed by atoms with Crippen LogP contribution in [-0.4, -0.2) is 9.55 Å². The van der Waals surface area contributed by atoms with Gasteiger partial charge in [-0.3, -0.25) is 14.3 Å². The minimum absolute atomic E-state index is 0.219. The first-order chi connectivity index (χ1) is 6.74. The van der Waals surface area contributed by atoms with E-state index in [1.54, 1.807) is 0 Å². The summed E-state index contributed by atoms with van der Waals surface area (Å²) in [7, 11) is 0. The summed E-state index contributed by atoms with van der Waals surface area (Å²) in [6.45, 7) is 0.219. The Morgan fingerprint density at radius 1 is 1.57 bits per heavy atom. The quantitative estimate of drug-likeness (QED) is 0.678. The molecule has 0 unspecified atom stereocenters. The van der Waals surface area contributed by atoms with Crippen molar-refractivity contribution in [1.29, 1.82) is 0 Å². The number of hydrogen-bond acceptors (Lipinski definition) is 2. The molecule has 0 fully saturated rings. The van der Waals surface area contributed by atoms with E-state index in [2.05, 4.69) is 16.8 Å². The molecule has 0 aliphatic carbocycles. The van der Waals surface area contributed by atoms with E-state index in [0.29, 0.717) is 0 Å². The van der Waals surface area contributed by atoms with Gasteiger partial charge in [-0.2, -0.15) is 0 Å². The fraction of sp³-hybridized carbons (Fsp3) is 0.111. The summed E-state index contributed by atoms with van der Waals surface area (Å²) in [6, 6.07) is 1.26. The van der Waals surface area contributed by atoms with Gasteiger partial charge < -0.3 is 0 Å². The molecular weight excluding hydrogens is 204 g/mol. The molecule has 1 heterocycles. The molecule has 14 heavy (non-hydrogen) atoms. The zero-order chi connectivity index (χ0) is 10.4. The Morgan fingerprint density at radius 2 is 2.36 bits per heavy atom. The van der Waals surface area contributed by atoms with Gasteiger partial charge in [0, 0.05) is 17.8 Å². The van der Waals surface area contributed by atoms with Gasteiger partial charge in [-0.05, 0) is 6.08 Å². The van der Waals surface area contributed by atoms with E-state index < -0.39 is 11.2 Å². The molecule has 0 saturated heterocycles. The van der Waals surface area contributed by atoms with Crippen LogP contribution in [0.25, 0.3) is 0 Å². The number of aromatic nitrogens is 2. The molecule has 4 nitrogen and oxygen atoms in total. The van der Waals surface area contributed by atoms with E-state index in [1.165, 1.54) is 28.4 Å². The summed E-state index contributed by atoms with van der Waals surface area (Å²) in [6.07, 6.45) is 2.85. The largest absolute Gasteiger partial charge is 0.329 e. The van der Waals surface area contributed by atoms with Gasteiger partial charge in [-0.1, -0.05) is 23.4 Å². The molecule has 0 bridgehead atoms. The van der Waals surface area contributed by atoms with Crippen molar-refractivity contribution < 1.29 is 0 Å². The van der Waals surface area contributed by atoms with Crippen molar-refractivity contribution in [3.8, 4) is 11.8 Å². The van der Waals surface area contributed by atoms with Gasteiger partial charge in [0.25, 0.3) is 5.56 Å². The third kappa shape index (κ3) is 2.96. The number of hydrogen-bond donors (Lipinski definition) is 1. The Hall–Kier alpha value is -1.73. The van der Waals surface area contributed by atoms with Gasteiger partial charge in [-0.25, -0.2) is 4.79 Å². The van der Waals surface area contributed by atoms with Crippen LogP contribution in [0.5, 0.6) is 0 Å². The number of halogens is 1. The molecule has 0 saturated carbocycles. The smallest absolute Gasteiger partial charge is 0.289 e. The van der Waals surface area contributed by atoms with Crippen molar-refractivity contribution in [1.82, 2.24) is 9.55 Å². The number of nitrogens with zero attached hydrogens (tertiary/aromatic N) is 1. The molecule has 0 aromatic carbocycles. The maximum Gasteiger partial charge on any atom is 0.329 e. The zero-order valence-corrected chi connectivity index (χ0v) is 7.91. The predicted molar refractivity (Wildman–Crippen MR) is 54.1 cm³/mol. The first-order valence-corrected chi connectivity index (χ1v) is 4.21. The van der Waals surface area contributed by atoms with Crippen LogP contribution in [-0.2, 0) is 6.54 Å². The second-order valence-electron chi connectivity index (χ2n) is 2.35. The van der Waals surface area contributed by atoms with Crippen molar-refractivity contribution in [2.75, 3.05) is 0 Å². The second-order valence-corrected chi connectivity index (χ2v) is 2.60. The third-order valence-corrected chi connectivity index (χ3v) is 1.52. The Balaban J connectivity index is 2.85. The Labute approximate surface area is 84.8 Å². The van der Waals surface area contributed by atoms with Gasteiger partial charge in [0.2, 0.25) is 0 Å². The average molecular weight is 211 g/mol. The van der Waals surface area contributed by atoms with Crippen molar-refractivity contribution in [2.24, 2.45) is 0 Å². The van der Waals surface area contributed by atoms with Crippen molar-refractivity contribution >= 4 is 11.6 Å². The van der Waals surface area contributed by atoms with Gasteiger partial charge in [0.1, 0.15) is 0 Å². The van der Waals surface area contributed by atoms with Gasteiger partial charge >= 0.3 is 5.69 Å². The number of aromatic amines is 1. The van der Waals surface area contributed by atoms with Crippen molar-refractivity contribution in [3.63, 3.8) is 0 Å². The minimum Gasteiger partial charge on any atom is -0.289 e. The number of H-pyrrole nitrogens is 1. The molecular formula is C9H7ClN2O2. The molecule has 1 aromatic rings. The first kappa shape index (κ1) is 10.4. The summed E-state index contributed by atoms with van der Waals surface area (Å²) in [4.78, 5) is 23.9. The fourth-order valence-electron chi connectivity index (χ4n) is 0.790. The molecule has 0 aliphatic heterocycles. The van der Waals surface area contributed by atoms with E-state index in [9.17, 15) is 9.59 Å². The monoisotopic (exact) mass is 210 g/mol. The standard InChI is InChI=1S/C9H7ClN2O2/c10-5-2-1-3-6-12-7-4-8(13)11-9(12)14/h2,4-5,7H,6H2,(H,11,13,14)/b5-2+. The number of nitrogens with one attached hydrogen (secondary N) is 1. The van der Waals surface area contributed by atoms with E-state index in [4.69, 9.17) is 11.6 Å². The van der Waals surface area contributed by atoms with Crippen LogP contribution in [0.3, 0.4) is 0 Å². The van der Waals surface area contributed by atoms with E-state index >= 15 is 0 Å². The average Bonchev–Trinajstić information content (AvgIpc) is 2.15. The molecule has 5 heteroatoms. The molecule has 0 aliphatic rings. The molecule has 0 spiro atoms. The topological polar surface area (TPSA) is 54.9 Å². The van der Waals surface area contributed by atoms with Crippen LogP contribution in [0.15, 0.2) is 33.5 Å². The van der Waals surface area contributed by atoms with Gasteiger partial charge in [0.15, 0.2) is 0 Å². The highest BCUT2D eigenvalue weighted by atomic mass is 35.5. The molecule has 72 valence electrons. The van der Waals surface area contributed by atoms with Gasteiger partial charge in [0.05, 0.1) is 6.54 Å². The first-order valence-electron chi connectivity index (χ1n) is 3.77. The fourth-order valence-corrected chi connectivity index (χ4v) is 0.853. The maximum atomic E-state index is 11.1. The molecule has 1 rings (SSSR count). The molecule has 1 N–H and O–H groups in total. The molecule has 0 amide bonds. The highest BCUT2D eigenvalue weighted by Gasteiger charge is 1.91. The van der Waals surface area contributed by atoms with Crippen LogP contribution in [0.4, 0.5) is 0 Å². The number of allylic oxidation sites excluding steroid dienone is 1. The Bertz CT molecular complexity index is 502. The maximum absolute atomic E-state index is 11.1. The van der Waals surface area contributed by atoms with E-state index in [1.807, 2.05) is 0 Å². The lowest BCUT2D eigenvalue weighted by molar-refractivity contribution is 0.749. The van der Waals surface area contributed by atoms with Gasteiger partial charge in [-0.15, -0.1) is 0 Å². The van der Waals surface area contributed by atoms with Crippen molar-refractivity contribution in [3.05, 3.63) is 44.7 Å². The zero-order valence-electron chi connectivity index (χ0n) is 7.16. The van der Waals surface area contributed by atoms with Crippen LogP contribution in [0.1, 0.15) is 0 Å². The summed E-state index contributed by atoms with van der Waals surface area (Å²) in [5.74, 6) is 5.29. The van der Waals surface area contributed by atoms with Crippen LogP contribution < -0.4 is 11.2 Å². The second kappa shape index (κ2) is 5.10. The summed E-state index contributed by atoms with van der Waals surface area (Å²) >= 11 is 5.24. The normalized spacial score (nSPS) is 9.79. The highest BCUT2D eigenvalue weighted by molar-refractivity contribution is 6.25. The lowest BCUT2D eigenvalue weighted by Crippen LogP contribution is -2.28. The SMILES string of the molecule is O=c1ccn(CC#C/C=C/Cl)c(=O)[nH]1. The summed E-state index contributed by atoms with van der Waals surface area (Å²) < 4.78 is 1.29. The van der Waals surface area contributed by atoms with E-state index in [-0.39, 0.29) is 6.54 Å². The number of rotatable bonds is 1. The third-order valence-electron chi connectivity index (χ3n) is 1.39.